The first-order valence-corrected chi connectivity index (χ1v) is 11.1. The Morgan fingerprint density at radius 2 is 2.00 bits per heavy atom. The van der Waals surface area contributed by atoms with Gasteiger partial charge in [0.2, 0.25) is 6.79 Å². The molecule has 0 unspecified atom stereocenters. The molecule has 3 aromatic carbocycles. The van der Waals surface area contributed by atoms with Gasteiger partial charge in [-0.1, -0.05) is 30.0 Å². The summed E-state index contributed by atoms with van der Waals surface area (Å²) in [7, 11) is 1.60. The third kappa shape index (κ3) is 4.51. The number of thioether (sulfide) groups is 1. The van der Waals surface area contributed by atoms with Crippen LogP contribution in [-0.4, -0.2) is 25.7 Å². The van der Waals surface area contributed by atoms with Gasteiger partial charge < -0.3 is 24.8 Å². The van der Waals surface area contributed by atoms with Crippen LogP contribution in [0.3, 0.4) is 0 Å². The number of carbonyl (C=O) groups excluding carboxylic acids is 2. The molecular formula is C25H20N2O5S. The molecule has 3 aromatic rings. The van der Waals surface area contributed by atoms with Crippen LogP contribution in [0, 0.1) is 0 Å². The van der Waals surface area contributed by atoms with Gasteiger partial charge in [0, 0.05) is 17.0 Å². The second-order valence-electron chi connectivity index (χ2n) is 7.42. The largest absolute Gasteiger partial charge is 0.497 e. The van der Waals surface area contributed by atoms with E-state index in [0.717, 1.165) is 21.8 Å². The van der Waals surface area contributed by atoms with Gasteiger partial charge in [0.25, 0.3) is 11.8 Å². The van der Waals surface area contributed by atoms with Crippen molar-refractivity contribution in [3.8, 4) is 17.2 Å². The molecule has 0 aliphatic carbocycles. The Kier molecular flexibility index (Phi) is 5.66. The van der Waals surface area contributed by atoms with Crippen LogP contribution in [0.15, 0.2) is 70.5 Å². The molecule has 0 spiro atoms. The summed E-state index contributed by atoms with van der Waals surface area (Å²) in [5.41, 5.74) is 2.86. The molecule has 8 heteroatoms. The third-order valence-corrected chi connectivity index (χ3v) is 6.31. The molecule has 166 valence electrons. The van der Waals surface area contributed by atoms with E-state index in [1.165, 1.54) is 11.8 Å². The van der Waals surface area contributed by atoms with Crippen LogP contribution in [0.25, 0.3) is 6.08 Å². The van der Waals surface area contributed by atoms with Crippen molar-refractivity contribution in [2.75, 3.05) is 19.2 Å². The average Bonchev–Trinajstić information content (AvgIpc) is 3.31. The molecule has 2 aliphatic rings. The highest BCUT2D eigenvalue weighted by atomic mass is 32.2. The second-order valence-corrected chi connectivity index (χ2v) is 8.51. The van der Waals surface area contributed by atoms with Crippen LogP contribution in [0.1, 0.15) is 21.5 Å². The minimum Gasteiger partial charge on any atom is -0.497 e. The van der Waals surface area contributed by atoms with Gasteiger partial charge in [-0.25, -0.2) is 0 Å². The fourth-order valence-corrected chi connectivity index (χ4v) is 4.45. The van der Waals surface area contributed by atoms with Gasteiger partial charge in [0.15, 0.2) is 11.5 Å². The zero-order chi connectivity index (χ0) is 22.8. The second kappa shape index (κ2) is 8.91. The van der Waals surface area contributed by atoms with Crippen molar-refractivity contribution in [3.05, 3.63) is 82.3 Å². The van der Waals surface area contributed by atoms with E-state index in [2.05, 4.69) is 10.6 Å². The number of anilines is 1. The number of amides is 2. The van der Waals surface area contributed by atoms with Crippen LogP contribution in [0.4, 0.5) is 5.69 Å². The summed E-state index contributed by atoms with van der Waals surface area (Å²) in [6.07, 6.45) is 1.82. The smallest absolute Gasteiger partial charge is 0.262 e. The van der Waals surface area contributed by atoms with Crippen molar-refractivity contribution in [1.82, 2.24) is 5.32 Å². The van der Waals surface area contributed by atoms with E-state index in [1.54, 1.807) is 19.2 Å². The van der Waals surface area contributed by atoms with E-state index in [0.29, 0.717) is 34.2 Å². The van der Waals surface area contributed by atoms with Crippen molar-refractivity contribution in [1.29, 1.82) is 0 Å². The molecule has 0 atom stereocenters. The minimum absolute atomic E-state index is 0.209. The summed E-state index contributed by atoms with van der Waals surface area (Å²) >= 11 is 1.37. The standard InChI is InChI=1S/C25H20N2O5S/c1-30-18-4-2-3-15(9-18)11-23-25(29)27-19-12-17(6-8-22(19)33-23)24(28)26-13-16-5-7-20-21(10-16)32-14-31-20/h2-12H,13-14H2,1H3,(H,26,28)(H,27,29)/b23-11+. The number of carbonyl (C=O) groups is 2. The van der Waals surface area contributed by atoms with Crippen molar-refractivity contribution in [2.24, 2.45) is 0 Å². The molecule has 33 heavy (non-hydrogen) atoms. The first-order chi connectivity index (χ1) is 16.1. The summed E-state index contributed by atoms with van der Waals surface area (Å²) in [6.45, 7) is 0.557. The lowest BCUT2D eigenvalue weighted by Crippen LogP contribution is -2.23. The lowest BCUT2D eigenvalue weighted by Gasteiger charge is -2.19. The Bertz CT molecular complexity index is 1290. The predicted molar refractivity (Wildman–Crippen MR) is 126 cm³/mol. The normalized spacial score (nSPS) is 15.1. The highest BCUT2D eigenvalue weighted by Crippen LogP contribution is 2.39. The quantitative estimate of drug-likeness (QED) is 0.548. The number of hydrogen-bond donors (Lipinski definition) is 2. The monoisotopic (exact) mass is 460 g/mol. The Balaban J connectivity index is 1.28. The molecule has 2 amide bonds. The molecule has 0 saturated heterocycles. The van der Waals surface area contributed by atoms with Crippen molar-refractivity contribution in [3.63, 3.8) is 0 Å². The molecule has 2 aliphatic heterocycles. The number of ether oxygens (including phenoxy) is 3. The van der Waals surface area contributed by atoms with Crippen molar-refractivity contribution >= 4 is 35.3 Å². The molecule has 2 N–H and O–H groups in total. The third-order valence-electron chi connectivity index (χ3n) is 5.22. The molecule has 5 rings (SSSR count). The fraction of sp³-hybridized carbons (Fsp3) is 0.120. The Morgan fingerprint density at radius 3 is 2.88 bits per heavy atom. The molecule has 0 aromatic heterocycles. The van der Waals surface area contributed by atoms with E-state index in [4.69, 9.17) is 14.2 Å². The Labute approximate surface area is 194 Å². The van der Waals surface area contributed by atoms with Crippen LogP contribution in [0.5, 0.6) is 17.2 Å². The van der Waals surface area contributed by atoms with Crippen LogP contribution in [0.2, 0.25) is 0 Å². The average molecular weight is 461 g/mol. The van der Waals surface area contributed by atoms with Gasteiger partial charge in [0.1, 0.15) is 5.75 Å². The van der Waals surface area contributed by atoms with Gasteiger partial charge in [-0.3, -0.25) is 9.59 Å². The highest BCUT2D eigenvalue weighted by molar-refractivity contribution is 8.04. The SMILES string of the molecule is COc1cccc(/C=C2/Sc3ccc(C(=O)NCc4ccc5c(c4)OCO5)cc3NC2=O)c1. The van der Waals surface area contributed by atoms with E-state index < -0.39 is 0 Å². The number of nitrogens with one attached hydrogen (secondary N) is 2. The van der Waals surface area contributed by atoms with Crippen LogP contribution < -0.4 is 24.8 Å². The maximum absolute atomic E-state index is 12.7. The van der Waals surface area contributed by atoms with E-state index in [1.807, 2.05) is 54.6 Å². The summed E-state index contributed by atoms with van der Waals surface area (Å²) in [6, 6.07) is 18.3. The summed E-state index contributed by atoms with van der Waals surface area (Å²) in [4.78, 5) is 26.8. The van der Waals surface area contributed by atoms with Crippen molar-refractivity contribution < 1.29 is 23.8 Å². The molecule has 2 heterocycles. The Hall–Kier alpha value is -3.91. The van der Waals surface area contributed by atoms with Gasteiger partial charge >= 0.3 is 0 Å². The van der Waals surface area contributed by atoms with Crippen LogP contribution >= 0.6 is 11.8 Å². The maximum Gasteiger partial charge on any atom is 0.262 e. The van der Waals surface area contributed by atoms with E-state index >= 15 is 0 Å². The fourth-order valence-electron chi connectivity index (χ4n) is 3.52. The molecular weight excluding hydrogens is 440 g/mol. The zero-order valence-electron chi connectivity index (χ0n) is 17.7. The van der Waals surface area contributed by atoms with Crippen molar-refractivity contribution in [2.45, 2.75) is 11.4 Å². The minimum atomic E-state index is -0.229. The van der Waals surface area contributed by atoms with Gasteiger partial charge in [-0.05, 0) is 59.7 Å². The predicted octanol–water partition coefficient (Wildman–Crippen LogP) is 4.44. The molecule has 7 nitrogen and oxygen atoms in total. The molecule has 0 bridgehead atoms. The number of benzene rings is 3. The lowest BCUT2D eigenvalue weighted by molar-refractivity contribution is -0.112. The van der Waals surface area contributed by atoms with Crippen LogP contribution in [-0.2, 0) is 11.3 Å². The van der Waals surface area contributed by atoms with Gasteiger partial charge in [0.05, 0.1) is 17.7 Å². The number of hydrogen-bond acceptors (Lipinski definition) is 6. The zero-order valence-corrected chi connectivity index (χ0v) is 18.5. The topological polar surface area (TPSA) is 85.9 Å². The number of rotatable bonds is 5. The van der Waals surface area contributed by atoms with Gasteiger partial charge in [-0.2, -0.15) is 0 Å². The maximum atomic E-state index is 12.7. The molecule has 0 fully saturated rings. The molecule has 0 saturated carbocycles. The highest BCUT2D eigenvalue weighted by Gasteiger charge is 2.22. The van der Waals surface area contributed by atoms with E-state index in [-0.39, 0.29) is 18.6 Å². The number of methoxy groups -OCH3 is 1. The summed E-state index contributed by atoms with van der Waals surface area (Å²) in [5, 5.41) is 5.79. The summed E-state index contributed by atoms with van der Waals surface area (Å²) in [5.74, 6) is 1.66. The number of fused-ring (bicyclic) bond motifs is 2. The summed E-state index contributed by atoms with van der Waals surface area (Å²) < 4.78 is 15.9. The first-order valence-electron chi connectivity index (χ1n) is 10.2. The van der Waals surface area contributed by atoms with Gasteiger partial charge in [-0.15, -0.1) is 0 Å². The van der Waals surface area contributed by atoms with E-state index in [9.17, 15) is 9.59 Å². The molecule has 0 radical (unpaired) electrons. The lowest BCUT2D eigenvalue weighted by atomic mass is 10.1. The first kappa shape index (κ1) is 21.0. The Morgan fingerprint density at radius 1 is 1.12 bits per heavy atom.